The van der Waals surface area contributed by atoms with E-state index in [2.05, 4.69) is 16.8 Å². The number of rotatable bonds is 2. The lowest BCUT2D eigenvalue weighted by atomic mass is 9.83. The molecule has 0 unspecified atom stereocenters. The maximum absolute atomic E-state index is 11.6. The van der Waals surface area contributed by atoms with Crippen LogP contribution in [0, 0.1) is 0 Å². The highest BCUT2D eigenvalue weighted by Gasteiger charge is 2.39. The van der Waals surface area contributed by atoms with Gasteiger partial charge < -0.3 is 4.90 Å². The number of hydrogen-bond acceptors (Lipinski definition) is 3. The third-order valence-electron chi connectivity index (χ3n) is 3.33. The number of carbonyl (C=O) groups is 1. The van der Waals surface area contributed by atoms with Crippen molar-refractivity contribution >= 4 is 5.78 Å². The van der Waals surface area contributed by atoms with Crippen molar-refractivity contribution in [3.05, 3.63) is 0 Å². The quantitative estimate of drug-likeness (QED) is 0.628. The summed E-state index contributed by atoms with van der Waals surface area (Å²) in [7, 11) is 6.12. The molecule has 1 heterocycles. The summed E-state index contributed by atoms with van der Waals surface area (Å²) in [6.45, 7) is 3.76. The van der Waals surface area contributed by atoms with Crippen LogP contribution in [0.2, 0.25) is 0 Å². The van der Waals surface area contributed by atoms with Crippen molar-refractivity contribution in [2.75, 3.05) is 34.2 Å². The minimum absolute atomic E-state index is 0.188. The lowest BCUT2D eigenvalue weighted by Crippen LogP contribution is -2.56. The minimum atomic E-state index is -0.188. The topological polar surface area (TPSA) is 23.6 Å². The van der Waals surface area contributed by atoms with E-state index in [1.54, 1.807) is 6.92 Å². The largest absolute Gasteiger partial charge is 0.306 e. The Balaban J connectivity index is 2.75. The molecule has 0 bridgehead atoms. The Kier molecular flexibility index (Phi) is 3.09. The molecule has 0 atom stereocenters. The van der Waals surface area contributed by atoms with Crippen LogP contribution in [0.1, 0.15) is 19.8 Å². The molecule has 1 fully saturated rings. The van der Waals surface area contributed by atoms with Gasteiger partial charge in [-0.25, -0.2) is 0 Å². The molecule has 0 radical (unpaired) electrons. The van der Waals surface area contributed by atoms with Gasteiger partial charge in [0.25, 0.3) is 0 Å². The molecule has 3 nitrogen and oxygen atoms in total. The highest BCUT2D eigenvalue weighted by Crippen LogP contribution is 2.27. The average Bonchev–Trinajstić information content (AvgIpc) is 2.04. The smallest absolute Gasteiger partial charge is 0.150 e. The summed E-state index contributed by atoms with van der Waals surface area (Å²) in [4.78, 5) is 16.0. The van der Waals surface area contributed by atoms with Gasteiger partial charge in [-0.05, 0) is 40.9 Å². The number of ketones is 1. The number of carbonyl (C=O) groups excluding carboxylic acids is 1. The molecule has 0 N–H and O–H groups in total. The van der Waals surface area contributed by atoms with Gasteiger partial charge in [-0.2, -0.15) is 0 Å². The molecule has 0 saturated carbocycles. The van der Waals surface area contributed by atoms with Crippen LogP contribution in [-0.4, -0.2) is 55.4 Å². The summed E-state index contributed by atoms with van der Waals surface area (Å²) in [5.74, 6) is 0.311. The van der Waals surface area contributed by atoms with Gasteiger partial charge in [-0.15, -0.1) is 0 Å². The first-order valence-electron chi connectivity index (χ1n) is 4.86. The zero-order chi connectivity index (χ0) is 10.1. The third-order valence-corrected chi connectivity index (χ3v) is 3.33. The molecule has 1 aliphatic rings. The van der Waals surface area contributed by atoms with Crippen LogP contribution in [0.25, 0.3) is 0 Å². The second-order valence-electron chi connectivity index (χ2n) is 4.29. The van der Waals surface area contributed by atoms with Crippen LogP contribution < -0.4 is 0 Å². The van der Waals surface area contributed by atoms with E-state index in [0.717, 1.165) is 25.9 Å². The summed E-state index contributed by atoms with van der Waals surface area (Å²) in [5.41, 5.74) is -0.188. The van der Waals surface area contributed by atoms with E-state index < -0.39 is 0 Å². The molecule has 76 valence electrons. The van der Waals surface area contributed by atoms with Crippen molar-refractivity contribution in [1.82, 2.24) is 9.80 Å². The van der Waals surface area contributed by atoms with E-state index in [1.165, 1.54) is 0 Å². The molecule has 1 aliphatic heterocycles. The van der Waals surface area contributed by atoms with Crippen LogP contribution in [0.15, 0.2) is 0 Å². The van der Waals surface area contributed by atoms with Crippen molar-refractivity contribution in [2.24, 2.45) is 0 Å². The van der Waals surface area contributed by atoms with E-state index >= 15 is 0 Å². The Labute approximate surface area is 80.7 Å². The summed E-state index contributed by atoms with van der Waals surface area (Å²) < 4.78 is 0. The predicted molar refractivity (Wildman–Crippen MR) is 53.8 cm³/mol. The van der Waals surface area contributed by atoms with E-state index in [4.69, 9.17) is 0 Å². The van der Waals surface area contributed by atoms with Crippen LogP contribution >= 0.6 is 0 Å². The van der Waals surface area contributed by atoms with Gasteiger partial charge in [0.2, 0.25) is 0 Å². The summed E-state index contributed by atoms with van der Waals surface area (Å²) in [5, 5.41) is 0. The second kappa shape index (κ2) is 3.76. The molecule has 0 aromatic rings. The molecule has 0 amide bonds. The van der Waals surface area contributed by atoms with Gasteiger partial charge in [0.05, 0.1) is 5.54 Å². The van der Waals surface area contributed by atoms with Crippen molar-refractivity contribution in [3.8, 4) is 0 Å². The fourth-order valence-electron chi connectivity index (χ4n) is 2.10. The summed E-state index contributed by atoms with van der Waals surface area (Å²) in [6.07, 6.45) is 1.93. The number of nitrogens with zero attached hydrogens (tertiary/aromatic N) is 2. The van der Waals surface area contributed by atoms with Crippen LogP contribution in [-0.2, 0) is 4.79 Å². The van der Waals surface area contributed by atoms with Crippen molar-refractivity contribution in [1.29, 1.82) is 0 Å². The monoisotopic (exact) mass is 184 g/mol. The Hall–Kier alpha value is -0.410. The molecule has 0 spiro atoms. The standard InChI is InChI=1S/C10H20N2O/c1-9(13)10(11(2)3)5-7-12(4)8-6-10/h5-8H2,1-4H3. The normalized spacial score (nSPS) is 23.5. The van der Waals surface area contributed by atoms with Gasteiger partial charge in [0, 0.05) is 13.1 Å². The highest BCUT2D eigenvalue weighted by molar-refractivity contribution is 5.86. The van der Waals surface area contributed by atoms with E-state index in [0.29, 0.717) is 5.78 Å². The van der Waals surface area contributed by atoms with E-state index in [-0.39, 0.29) is 5.54 Å². The van der Waals surface area contributed by atoms with Gasteiger partial charge >= 0.3 is 0 Å². The molecular formula is C10H20N2O. The average molecular weight is 184 g/mol. The number of piperidine rings is 1. The highest BCUT2D eigenvalue weighted by atomic mass is 16.1. The third kappa shape index (κ3) is 1.92. The fraction of sp³-hybridized carbons (Fsp3) is 0.900. The Bertz CT molecular complexity index is 193. The molecule has 1 rings (SSSR count). The van der Waals surface area contributed by atoms with Crippen molar-refractivity contribution in [2.45, 2.75) is 25.3 Å². The van der Waals surface area contributed by atoms with Crippen LogP contribution in [0.4, 0.5) is 0 Å². The summed E-state index contributed by atoms with van der Waals surface area (Å²) >= 11 is 0. The fourth-order valence-corrected chi connectivity index (χ4v) is 2.10. The number of Topliss-reactive ketones (excluding diaryl/α,β-unsaturated/α-hetero) is 1. The van der Waals surface area contributed by atoms with Crippen molar-refractivity contribution in [3.63, 3.8) is 0 Å². The van der Waals surface area contributed by atoms with E-state index in [9.17, 15) is 4.79 Å². The first kappa shape index (κ1) is 10.7. The Morgan fingerprint density at radius 1 is 1.31 bits per heavy atom. The van der Waals surface area contributed by atoms with Crippen molar-refractivity contribution < 1.29 is 4.79 Å². The van der Waals surface area contributed by atoms with Crippen LogP contribution in [0.5, 0.6) is 0 Å². The van der Waals surface area contributed by atoms with E-state index in [1.807, 2.05) is 14.1 Å². The lowest BCUT2D eigenvalue weighted by molar-refractivity contribution is -0.130. The first-order valence-corrected chi connectivity index (χ1v) is 4.86. The lowest BCUT2D eigenvalue weighted by Gasteiger charge is -2.43. The van der Waals surface area contributed by atoms with Gasteiger partial charge in [-0.3, -0.25) is 9.69 Å². The second-order valence-corrected chi connectivity index (χ2v) is 4.29. The number of hydrogen-bond donors (Lipinski definition) is 0. The molecule has 0 aromatic heterocycles. The molecule has 1 saturated heterocycles. The zero-order valence-electron chi connectivity index (χ0n) is 9.13. The predicted octanol–water partition coefficient (Wildman–Crippen LogP) is 0.601. The molecular weight excluding hydrogens is 164 g/mol. The van der Waals surface area contributed by atoms with Gasteiger partial charge in [0.15, 0.2) is 0 Å². The number of likely N-dealkylation sites (N-methyl/N-ethyl adjacent to an activating group) is 1. The maximum Gasteiger partial charge on any atom is 0.150 e. The minimum Gasteiger partial charge on any atom is -0.306 e. The first-order chi connectivity index (χ1) is 5.99. The zero-order valence-corrected chi connectivity index (χ0v) is 9.13. The maximum atomic E-state index is 11.6. The van der Waals surface area contributed by atoms with Gasteiger partial charge in [0.1, 0.15) is 5.78 Å². The summed E-state index contributed by atoms with van der Waals surface area (Å²) in [6, 6.07) is 0. The molecule has 0 aliphatic carbocycles. The molecule has 0 aromatic carbocycles. The number of likely N-dealkylation sites (tertiary alicyclic amines) is 1. The Morgan fingerprint density at radius 3 is 2.08 bits per heavy atom. The molecule has 3 heteroatoms. The van der Waals surface area contributed by atoms with Crippen LogP contribution in [0.3, 0.4) is 0 Å². The van der Waals surface area contributed by atoms with Gasteiger partial charge in [-0.1, -0.05) is 0 Å². The molecule has 13 heavy (non-hydrogen) atoms. The SMILES string of the molecule is CC(=O)C1(N(C)C)CCN(C)CC1. The Morgan fingerprint density at radius 2 is 1.77 bits per heavy atom.